The lowest BCUT2D eigenvalue weighted by Crippen LogP contribution is -2.36. The zero-order valence-corrected chi connectivity index (χ0v) is 14.6. The summed E-state index contributed by atoms with van der Waals surface area (Å²) in [6.45, 7) is 3.09. The zero-order valence-electron chi connectivity index (χ0n) is 14.6. The lowest BCUT2D eigenvalue weighted by Gasteiger charge is -2.30. The average Bonchev–Trinajstić information content (AvgIpc) is 2.71. The first-order valence-corrected chi connectivity index (χ1v) is 8.69. The van der Waals surface area contributed by atoms with Gasteiger partial charge in [0.15, 0.2) is 5.82 Å². The minimum Gasteiger partial charge on any atom is -0.378 e. The summed E-state index contributed by atoms with van der Waals surface area (Å²) in [6, 6.07) is 14.3. The number of hydrogen-bond acceptors (Lipinski definition) is 7. The van der Waals surface area contributed by atoms with Gasteiger partial charge in [-0.3, -0.25) is 0 Å². The van der Waals surface area contributed by atoms with Gasteiger partial charge in [-0.25, -0.2) is 4.39 Å². The lowest BCUT2D eigenvalue weighted by molar-refractivity contribution is 0.123. The molecule has 0 radical (unpaired) electrons. The third-order valence-electron chi connectivity index (χ3n) is 4.20. The Balaban J connectivity index is 1.54. The Kier molecular flexibility index (Phi) is 5.06. The minimum atomic E-state index is -0.378. The maximum Gasteiger partial charge on any atom is 0.249 e. The van der Waals surface area contributed by atoms with E-state index >= 15 is 0 Å². The van der Waals surface area contributed by atoms with E-state index in [1.807, 2.05) is 18.2 Å². The molecular formula is C19H19FN6O. The van der Waals surface area contributed by atoms with Crippen LogP contribution in [0.4, 0.5) is 33.2 Å². The van der Waals surface area contributed by atoms with Crippen molar-refractivity contribution in [2.45, 2.75) is 0 Å². The maximum atomic E-state index is 13.8. The molecule has 1 fully saturated rings. The van der Waals surface area contributed by atoms with Gasteiger partial charge in [0, 0.05) is 13.1 Å². The van der Waals surface area contributed by atoms with E-state index in [1.165, 1.54) is 12.3 Å². The van der Waals surface area contributed by atoms with Crippen LogP contribution in [0.25, 0.3) is 0 Å². The van der Waals surface area contributed by atoms with Crippen LogP contribution < -0.4 is 15.5 Å². The van der Waals surface area contributed by atoms with Gasteiger partial charge in [-0.1, -0.05) is 24.3 Å². The Labute approximate surface area is 156 Å². The molecular weight excluding hydrogens is 347 g/mol. The van der Waals surface area contributed by atoms with Crippen LogP contribution in [-0.2, 0) is 4.74 Å². The van der Waals surface area contributed by atoms with Crippen molar-refractivity contribution in [3.05, 3.63) is 60.5 Å². The molecule has 2 N–H and O–H groups in total. The molecule has 0 amide bonds. The standard InChI is InChI=1S/C19H19FN6O/c20-14-5-1-2-6-15(14)23-19-24-18(13-21-25-19)22-16-7-3-4-8-17(16)26-9-11-27-12-10-26/h1-8,13H,9-12H2,(H2,22,23,24,25). The fraction of sp³-hybridized carbons (Fsp3) is 0.211. The Morgan fingerprint density at radius 3 is 2.48 bits per heavy atom. The van der Waals surface area contributed by atoms with E-state index < -0.39 is 0 Å². The topological polar surface area (TPSA) is 75.2 Å². The highest BCUT2D eigenvalue weighted by molar-refractivity contribution is 5.74. The molecule has 4 rings (SSSR count). The molecule has 1 aromatic heterocycles. The summed E-state index contributed by atoms with van der Waals surface area (Å²) in [5.41, 5.74) is 2.28. The maximum absolute atomic E-state index is 13.8. The second kappa shape index (κ2) is 7.96. The first kappa shape index (κ1) is 17.2. The van der Waals surface area contributed by atoms with Crippen LogP contribution in [0.3, 0.4) is 0 Å². The van der Waals surface area contributed by atoms with Crippen LogP contribution in [0.5, 0.6) is 0 Å². The number of rotatable bonds is 5. The Hall–Kier alpha value is -3.26. The van der Waals surface area contributed by atoms with E-state index in [2.05, 4.69) is 36.8 Å². The van der Waals surface area contributed by atoms with Crippen molar-refractivity contribution in [1.29, 1.82) is 0 Å². The van der Waals surface area contributed by atoms with Gasteiger partial charge < -0.3 is 20.3 Å². The van der Waals surface area contributed by atoms with Gasteiger partial charge in [0.1, 0.15) is 5.82 Å². The third kappa shape index (κ3) is 4.12. The van der Waals surface area contributed by atoms with Gasteiger partial charge >= 0.3 is 0 Å². The SMILES string of the molecule is Fc1ccccc1Nc1nncc(Nc2ccccc2N2CCOCC2)n1. The number of halogens is 1. The molecule has 0 unspecified atom stereocenters. The van der Waals surface area contributed by atoms with Gasteiger partial charge in [0.05, 0.1) is 36.5 Å². The molecule has 2 aromatic carbocycles. The molecule has 1 saturated heterocycles. The van der Waals surface area contributed by atoms with Crippen molar-refractivity contribution >= 4 is 28.8 Å². The number of para-hydroxylation sites is 3. The predicted octanol–water partition coefficient (Wildman–Crippen LogP) is 3.33. The van der Waals surface area contributed by atoms with E-state index in [0.29, 0.717) is 24.7 Å². The van der Waals surface area contributed by atoms with Crippen LogP contribution in [0.1, 0.15) is 0 Å². The summed E-state index contributed by atoms with van der Waals surface area (Å²) in [5.74, 6) is 0.357. The molecule has 0 bridgehead atoms. The van der Waals surface area contributed by atoms with Crippen LogP contribution in [0, 0.1) is 5.82 Å². The quantitative estimate of drug-likeness (QED) is 0.717. The average molecular weight is 366 g/mol. The summed E-state index contributed by atoms with van der Waals surface area (Å²) in [7, 11) is 0. The molecule has 0 saturated carbocycles. The summed E-state index contributed by atoms with van der Waals surface area (Å²) in [6.07, 6.45) is 1.53. The van der Waals surface area contributed by atoms with E-state index in [-0.39, 0.29) is 11.8 Å². The second-order valence-electron chi connectivity index (χ2n) is 6.01. The van der Waals surface area contributed by atoms with Crippen LogP contribution >= 0.6 is 0 Å². The number of hydrogen-bond donors (Lipinski definition) is 2. The molecule has 1 aliphatic rings. The highest BCUT2D eigenvalue weighted by atomic mass is 19.1. The monoisotopic (exact) mass is 366 g/mol. The number of benzene rings is 2. The number of aromatic nitrogens is 3. The molecule has 2 heterocycles. The number of ether oxygens (including phenoxy) is 1. The number of nitrogens with one attached hydrogen (secondary N) is 2. The van der Waals surface area contributed by atoms with Crippen molar-refractivity contribution < 1.29 is 9.13 Å². The van der Waals surface area contributed by atoms with E-state index in [4.69, 9.17) is 4.74 Å². The largest absolute Gasteiger partial charge is 0.378 e. The molecule has 27 heavy (non-hydrogen) atoms. The molecule has 0 atom stereocenters. The summed E-state index contributed by atoms with van der Waals surface area (Å²) >= 11 is 0. The molecule has 0 spiro atoms. The van der Waals surface area contributed by atoms with Crippen molar-refractivity contribution in [3.63, 3.8) is 0 Å². The molecule has 3 aromatic rings. The van der Waals surface area contributed by atoms with Gasteiger partial charge in [0.2, 0.25) is 5.95 Å². The van der Waals surface area contributed by atoms with Crippen molar-refractivity contribution in [1.82, 2.24) is 15.2 Å². The molecule has 7 nitrogen and oxygen atoms in total. The smallest absolute Gasteiger partial charge is 0.249 e. The summed E-state index contributed by atoms with van der Waals surface area (Å²) < 4.78 is 19.2. The highest BCUT2D eigenvalue weighted by Gasteiger charge is 2.15. The number of nitrogens with zero attached hydrogens (tertiary/aromatic N) is 4. The van der Waals surface area contributed by atoms with Gasteiger partial charge in [-0.2, -0.15) is 10.1 Å². The number of anilines is 5. The summed E-state index contributed by atoms with van der Waals surface area (Å²) in [5, 5.41) is 14.0. The van der Waals surface area contributed by atoms with Gasteiger partial charge in [-0.05, 0) is 24.3 Å². The van der Waals surface area contributed by atoms with Crippen LogP contribution in [0.15, 0.2) is 54.7 Å². The van der Waals surface area contributed by atoms with Crippen molar-refractivity contribution in [2.24, 2.45) is 0 Å². The fourth-order valence-electron chi connectivity index (χ4n) is 2.90. The Bertz CT molecular complexity index is 916. The third-order valence-corrected chi connectivity index (χ3v) is 4.20. The zero-order chi connectivity index (χ0) is 18.5. The van der Waals surface area contributed by atoms with Crippen molar-refractivity contribution in [3.8, 4) is 0 Å². The minimum absolute atomic E-state index is 0.217. The van der Waals surface area contributed by atoms with E-state index in [1.54, 1.807) is 18.2 Å². The van der Waals surface area contributed by atoms with E-state index in [9.17, 15) is 4.39 Å². The Morgan fingerprint density at radius 1 is 0.926 bits per heavy atom. The first-order valence-electron chi connectivity index (χ1n) is 8.69. The molecule has 0 aliphatic carbocycles. The van der Waals surface area contributed by atoms with Gasteiger partial charge in [-0.15, -0.1) is 5.10 Å². The molecule has 1 aliphatic heterocycles. The van der Waals surface area contributed by atoms with Crippen LogP contribution in [0.2, 0.25) is 0 Å². The first-order chi connectivity index (χ1) is 13.3. The van der Waals surface area contributed by atoms with Gasteiger partial charge in [0.25, 0.3) is 0 Å². The second-order valence-corrected chi connectivity index (χ2v) is 6.01. The fourth-order valence-corrected chi connectivity index (χ4v) is 2.90. The predicted molar refractivity (Wildman–Crippen MR) is 102 cm³/mol. The normalized spacial score (nSPS) is 14.0. The molecule has 138 valence electrons. The van der Waals surface area contributed by atoms with E-state index in [0.717, 1.165) is 24.5 Å². The van der Waals surface area contributed by atoms with Crippen molar-refractivity contribution in [2.75, 3.05) is 41.8 Å². The molecule has 8 heteroatoms. The summed E-state index contributed by atoms with van der Waals surface area (Å²) in [4.78, 5) is 6.65. The Morgan fingerprint density at radius 2 is 1.67 bits per heavy atom. The van der Waals surface area contributed by atoms with Crippen LogP contribution in [-0.4, -0.2) is 41.5 Å². The highest BCUT2D eigenvalue weighted by Crippen LogP contribution is 2.28. The number of morpholine rings is 1. The lowest BCUT2D eigenvalue weighted by atomic mass is 10.2.